The van der Waals surface area contributed by atoms with Crippen LogP contribution >= 0.6 is 0 Å². The van der Waals surface area contributed by atoms with Crippen LogP contribution in [-0.2, 0) is 16.8 Å². The van der Waals surface area contributed by atoms with Crippen molar-refractivity contribution in [3.05, 3.63) is 71.3 Å². The maximum absolute atomic E-state index is 14.1. The normalized spacial score (nSPS) is 34.1. The molecule has 1 saturated heterocycles. The highest BCUT2D eigenvalue weighted by Crippen LogP contribution is 2.66. The summed E-state index contributed by atoms with van der Waals surface area (Å²) < 4.78 is 0. The summed E-state index contributed by atoms with van der Waals surface area (Å²) in [5, 5.41) is 0. The lowest BCUT2D eigenvalue weighted by Gasteiger charge is -2.62. The fourth-order valence-electron chi connectivity index (χ4n) is 8.04. The predicted molar refractivity (Wildman–Crippen MR) is 128 cm³/mol. The van der Waals surface area contributed by atoms with E-state index in [4.69, 9.17) is 0 Å². The van der Waals surface area contributed by atoms with Crippen LogP contribution in [0.4, 0.5) is 0 Å². The molecule has 0 radical (unpaired) electrons. The van der Waals surface area contributed by atoms with E-state index in [1.807, 2.05) is 0 Å². The van der Waals surface area contributed by atoms with Gasteiger partial charge in [-0.05, 0) is 73.8 Å². The van der Waals surface area contributed by atoms with Gasteiger partial charge in [-0.15, -0.1) is 0 Å². The van der Waals surface area contributed by atoms with Crippen molar-refractivity contribution in [3.63, 3.8) is 0 Å². The first-order chi connectivity index (χ1) is 15.5. The van der Waals surface area contributed by atoms with Crippen molar-refractivity contribution in [2.24, 2.45) is 17.3 Å². The van der Waals surface area contributed by atoms with Gasteiger partial charge in [0.2, 0.25) is 5.91 Å². The molecule has 3 nitrogen and oxygen atoms in total. The van der Waals surface area contributed by atoms with Gasteiger partial charge in [0.1, 0.15) is 0 Å². The third kappa shape index (κ3) is 3.50. The first-order valence-corrected chi connectivity index (χ1v) is 12.7. The van der Waals surface area contributed by atoms with Crippen LogP contribution in [0.1, 0.15) is 55.2 Å². The molecule has 5 aliphatic rings. The van der Waals surface area contributed by atoms with E-state index in [1.165, 1.54) is 36.0 Å². The second kappa shape index (κ2) is 7.73. The molecule has 2 aromatic carbocycles. The number of nitrogens with zero attached hydrogens (tertiary/aromatic N) is 2. The molecule has 2 atom stereocenters. The smallest absolute Gasteiger partial charge is 0.228 e. The lowest BCUT2D eigenvalue weighted by molar-refractivity contribution is -0.162. The summed E-state index contributed by atoms with van der Waals surface area (Å²) in [7, 11) is 0. The van der Waals surface area contributed by atoms with Gasteiger partial charge in [0.05, 0.1) is 5.41 Å². The number of carbonyl (C=O) groups is 1. The molecule has 2 aromatic rings. The zero-order chi connectivity index (χ0) is 21.8. The molecule has 4 saturated carbocycles. The summed E-state index contributed by atoms with van der Waals surface area (Å²) in [6.07, 6.45) is 7.31. The molecule has 4 bridgehead atoms. The molecule has 4 aliphatic carbocycles. The van der Waals surface area contributed by atoms with E-state index in [2.05, 4.69) is 71.3 Å². The summed E-state index contributed by atoms with van der Waals surface area (Å²) in [5.41, 5.74) is 4.34. The number of piperazine rings is 1. The average Bonchev–Trinajstić information content (AvgIpc) is 2.79. The third-order valence-electron chi connectivity index (χ3n) is 9.09. The standard InChI is InChI=1S/C29H36N2O/c1-22-7-9-26(10-8-22)28-16-24-15-25(17-28)19-29(18-24,21-28)27(32)31-13-11-30(12-14-31)20-23-5-3-2-4-6-23/h2-10,24-25H,11-21H2,1H3/t24-,25-,28?,29?/m1/s1. The fourth-order valence-corrected chi connectivity index (χ4v) is 8.04. The Morgan fingerprint density at radius 1 is 0.875 bits per heavy atom. The third-order valence-corrected chi connectivity index (χ3v) is 9.09. The quantitative estimate of drug-likeness (QED) is 0.670. The Kier molecular flexibility index (Phi) is 4.94. The van der Waals surface area contributed by atoms with Gasteiger partial charge in [-0.3, -0.25) is 9.69 Å². The highest BCUT2D eigenvalue weighted by molar-refractivity contribution is 5.84. The Balaban J connectivity index is 1.18. The van der Waals surface area contributed by atoms with Crippen molar-refractivity contribution in [2.45, 2.75) is 57.4 Å². The molecule has 32 heavy (non-hydrogen) atoms. The number of hydrogen-bond acceptors (Lipinski definition) is 2. The maximum Gasteiger partial charge on any atom is 0.228 e. The SMILES string of the molecule is Cc1ccc(C23C[C@H]4C[C@@H](CC(C(=O)N5CCN(Cc6ccccc6)CC5)(C4)C2)C3)cc1. The molecular weight excluding hydrogens is 392 g/mol. The van der Waals surface area contributed by atoms with E-state index in [1.54, 1.807) is 0 Å². The molecule has 5 fully saturated rings. The van der Waals surface area contributed by atoms with Crippen molar-refractivity contribution in [2.75, 3.05) is 26.2 Å². The molecule has 168 valence electrons. The first kappa shape index (κ1) is 20.5. The van der Waals surface area contributed by atoms with E-state index >= 15 is 0 Å². The summed E-state index contributed by atoms with van der Waals surface area (Å²) in [4.78, 5) is 18.8. The van der Waals surface area contributed by atoms with Crippen molar-refractivity contribution in [1.29, 1.82) is 0 Å². The largest absolute Gasteiger partial charge is 0.340 e. The first-order valence-electron chi connectivity index (χ1n) is 12.7. The zero-order valence-electron chi connectivity index (χ0n) is 19.4. The van der Waals surface area contributed by atoms with Gasteiger partial charge in [-0.1, -0.05) is 60.2 Å². The Labute approximate surface area is 192 Å². The Morgan fingerprint density at radius 3 is 2.19 bits per heavy atom. The minimum absolute atomic E-state index is 0.101. The van der Waals surface area contributed by atoms with Crippen LogP contribution in [0.5, 0.6) is 0 Å². The summed E-state index contributed by atoms with van der Waals surface area (Å²) in [6.45, 7) is 6.93. The van der Waals surface area contributed by atoms with Crippen molar-refractivity contribution < 1.29 is 4.79 Å². The fraction of sp³-hybridized carbons (Fsp3) is 0.552. The van der Waals surface area contributed by atoms with Crippen LogP contribution in [0.2, 0.25) is 0 Å². The summed E-state index contributed by atoms with van der Waals surface area (Å²) >= 11 is 0. The number of rotatable bonds is 4. The van der Waals surface area contributed by atoms with Crippen molar-refractivity contribution in [3.8, 4) is 0 Å². The van der Waals surface area contributed by atoms with Gasteiger partial charge >= 0.3 is 0 Å². The topological polar surface area (TPSA) is 23.6 Å². The molecule has 1 aliphatic heterocycles. The van der Waals surface area contributed by atoms with Gasteiger partial charge < -0.3 is 4.90 Å². The number of benzene rings is 2. The summed E-state index contributed by atoms with van der Waals surface area (Å²) in [5.74, 6) is 1.96. The molecule has 7 rings (SSSR count). The number of hydrogen-bond donors (Lipinski definition) is 0. The predicted octanol–water partition coefficient (Wildman–Crippen LogP) is 5.18. The number of carbonyl (C=O) groups excluding carboxylic acids is 1. The Morgan fingerprint density at radius 2 is 1.53 bits per heavy atom. The summed E-state index contributed by atoms with van der Waals surface area (Å²) in [6, 6.07) is 20.0. The monoisotopic (exact) mass is 428 g/mol. The highest BCUT2D eigenvalue weighted by atomic mass is 16.2. The van der Waals surface area contributed by atoms with E-state index < -0.39 is 0 Å². The number of aryl methyl sites for hydroxylation is 1. The average molecular weight is 429 g/mol. The molecular formula is C29H36N2O. The van der Waals surface area contributed by atoms with Crippen LogP contribution in [0.25, 0.3) is 0 Å². The van der Waals surface area contributed by atoms with Crippen LogP contribution in [-0.4, -0.2) is 41.9 Å². The van der Waals surface area contributed by atoms with Gasteiger partial charge in [0, 0.05) is 32.7 Å². The molecule has 3 heteroatoms. The molecule has 0 unspecified atom stereocenters. The molecule has 1 amide bonds. The van der Waals surface area contributed by atoms with Gasteiger partial charge in [0.25, 0.3) is 0 Å². The Hall–Kier alpha value is -2.13. The van der Waals surface area contributed by atoms with Crippen LogP contribution < -0.4 is 0 Å². The lowest BCUT2D eigenvalue weighted by atomic mass is 9.42. The minimum atomic E-state index is -0.101. The van der Waals surface area contributed by atoms with Gasteiger partial charge in [0.15, 0.2) is 0 Å². The van der Waals surface area contributed by atoms with Crippen LogP contribution in [0.15, 0.2) is 54.6 Å². The Bertz CT molecular complexity index is 960. The molecule has 0 N–H and O–H groups in total. The van der Waals surface area contributed by atoms with Crippen LogP contribution in [0.3, 0.4) is 0 Å². The van der Waals surface area contributed by atoms with E-state index in [0.717, 1.165) is 63.8 Å². The van der Waals surface area contributed by atoms with E-state index in [9.17, 15) is 4.79 Å². The van der Waals surface area contributed by atoms with Gasteiger partial charge in [-0.2, -0.15) is 0 Å². The molecule has 0 spiro atoms. The highest BCUT2D eigenvalue weighted by Gasteiger charge is 2.61. The number of amides is 1. The molecule has 1 heterocycles. The van der Waals surface area contributed by atoms with Crippen molar-refractivity contribution >= 4 is 5.91 Å². The van der Waals surface area contributed by atoms with E-state index in [-0.39, 0.29) is 10.8 Å². The van der Waals surface area contributed by atoms with Crippen LogP contribution in [0, 0.1) is 24.2 Å². The van der Waals surface area contributed by atoms with Gasteiger partial charge in [-0.25, -0.2) is 0 Å². The zero-order valence-corrected chi connectivity index (χ0v) is 19.4. The lowest BCUT2D eigenvalue weighted by Crippen LogP contribution is -2.61. The van der Waals surface area contributed by atoms with Crippen molar-refractivity contribution in [1.82, 2.24) is 9.80 Å². The second-order valence-corrected chi connectivity index (χ2v) is 11.4. The van der Waals surface area contributed by atoms with E-state index in [0.29, 0.717) is 5.91 Å². The minimum Gasteiger partial charge on any atom is -0.340 e. The second-order valence-electron chi connectivity index (χ2n) is 11.4. The maximum atomic E-state index is 14.1. The molecule has 0 aromatic heterocycles.